The number of nitrogens with one attached hydrogen (secondary N) is 1. The highest BCUT2D eigenvalue weighted by atomic mass is 16.5. The van der Waals surface area contributed by atoms with Crippen molar-refractivity contribution in [2.24, 2.45) is 17.8 Å². The number of ether oxygens (including phenoxy) is 3. The molecule has 2 aliphatic carbocycles. The quantitative estimate of drug-likeness (QED) is 0.834. The number of hydrogen-bond donors (Lipinski definition) is 1. The van der Waals surface area contributed by atoms with Crippen LogP contribution in [0.4, 0.5) is 0 Å². The molecule has 5 nitrogen and oxygen atoms in total. The van der Waals surface area contributed by atoms with Crippen LogP contribution in [0.15, 0.2) is 12.1 Å². The van der Waals surface area contributed by atoms with Crippen molar-refractivity contribution in [3.05, 3.63) is 17.7 Å². The van der Waals surface area contributed by atoms with E-state index in [1.54, 1.807) is 21.3 Å². The molecule has 5 heteroatoms. The Balaban J connectivity index is 1.59. The van der Waals surface area contributed by atoms with Gasteiger partial charge in [0.25, 0.3) is 0 Å². The molecule has 0 heterocycles. The van der Waals surface area contributed by atoms with Crippen LogP contribution in [-0.4, -0.2) is 33.8 Å². The van der Waals surface area contributed by atoms with Gasteiger partial charge in [-0.3, -0.25) is 4.79 Å². The highest BCUT2D eigenvalue weighted by molar-refractivity contribution is 5.79. The molecule has 3 atom stereocenters. The summed E-state index contributed by atoms with van der Waals surface area (Å²) in [6.07, 6.45) is 5.71. The molecule has 1 amide bonds. The van der Waals surface area contributed by atoms with Crippen LogP contribution >= 0.6 is 0 Å². The molecule has 2 fully saturated rings. The lowest BCUT2D eigenvalue weighted by atomic mass is 9.89. The summed E-state index contributed by atoms with van der Waals surface area (Å²) >= 11 is 0. The number of rotatable bonds is 7. The molecule has 0 aliphatic heterocycles. The molecule has 0 radical (unpaired) electrons. The minimum Gasteiger partial charge on any atom is -0.493 e. The van der Waals surface area contributed by atoms with Crippen LogP contribution < -0.4 is 19.5 Å². The van der Waals surface area contributed by atoms with Crippen molar-refractivity contribution in [2.75, 3.05) is 27.9 Å². The van der Waals surface area contributed by atoms with Crippen LogP contribution in [0.2, 0.25) is 0 Å². The summed E-state index contributed by atoms with van der Waals surface area (Å²) in [5, 5.41) is 3.11. The topological polar surface area (TPSA) is 56.8 Å². The molecule has 1 aromatic rings. The summed E-state index contributed by atoms with van der Waals surface area (Å²) in [6, 6.07) is 3.66. The van der Waals surface area contributed by atoms with E-state index in [9.17, 15) is 4.79 Å². The van der Waals surface area contributed by atoms with Gasteiger partial charge in [-0.1, -0.05) is 6.42 Å². The van der Waals surface area contributed by atoms with Crippen molar-refractivity contribution in [2.45, 2.75) is 32.1 Å². The second-order valence-corrected chi connectivity index (χ2v) is 6.95. The van der Waals surface area contributed by atoms with Crippen molar-refractivity contribution in [1.29, 1.82) is 0 Å². The first kappa shape index (κ1) is 16.9. The van der Waals surface area contributed by atoms with Gasteiger partial charge >= 0.3 is 0 Å². The van der Waals surface area contributed by atoms with E-state index in [0.29, 0.717) is 29.6 Å². The summed E-state index contributed by atoms with van der Waals surface area (Å²) in [6.45, 7) is 0.810. The predicted octanol–water partition coefficient (Wildman–Crippen LogP) is 2.81. The Morgan fingerprint density at radius 2 is 1.79 bits per heavy atom. The fraction of sp³-hybridized carbons (Fsp3) is 0.632. The normalized spacial score (nSPS) is 24.7. The number of methoxy groups -OCH3 is 3. The Morgan fingerprint density at radius 1 is 1.08 bits per heavy atom. The van der Waals surface area contributed by atoms with Gasteiger partial charge < -0.3 is 19.5 Å². The third kappa shape index (κ3) is 3.45. The van der Waals surface area contributed by atoms with E-state index >= 15 is 0 Å². The van der Waals surface area contributed by atoms with Gasteiger partial charge in [0.2, 0.25) is 11.7 Å². The van der Waals surface area contributed by atoms with Crippen molar-refractivity contribution in [3.8, 4) is 17.2 Å². The second-order valence-electron chi connectivity index (χ2n) is 6.95. The Kier molecular flexibility index (Phi) is 5.17. The molecule has 0 aromatic heterocycles. The Labute approximate surface area is 143 Å². The SMILES string of the molecule is COc1cc(CC(=O)NCC2CC3CCC2C3)cc(OC)c1OC. The number of carbonyl (C=O) groups is 1. The lowest BCUT2D eigenvalue weighted by Gasteiger charge is -2.22. The van der Waals surface area contributed by atoms with E-state index in [1.807, 2.05) is 12.1 Å². The summed E-state index contributed by atoms with van der Waals surface area (Å²) < 4.78 is 16.0. The molecule has 3 unspecified atom stereocenters. The zero-order chi connectivity index (χ0) is 17.1. The summed E-state index contributed by atoms with van der Waals surface area (Å²) in [5.41, 5.74) is 0.856. The van der Waals surface area contributed by atoms with E-state index in [2.05, 4.69) is 5.32 Å². The maximum absolute atomic E-state index is 12.3. The van der Waals surface area contributed by atoms with E-state index in [4.69, 9.17) is 14.2 Å². The van der Waals surface area contributed by atoms with Crippen molar-refractivity contribution in [1.82, 2.24) is 5.32 Å². The lowest BCUT2D eigenvalue weighted by Crippen LogP contribution is -2.32. The summed E-state index contributed by atoms with van der Waals surface area (Å²) in [4.78, 5) is 12.3. The number of benzene rings is 1. The van der Waals surface area contributed by atoms with E-state index in [1.165, 1.54) is 25.7 Å². The zero-order valence-corrected chi connectivity index (χ0v) is 14.8. The predicted molar refractivity (Wildman–Crippen MR) is 91.7 cm³/mol. The molecule has 2 aliphatic rings. The summed E-state index contributed by atoms with van der Waals surface area (Å²) in [7, 11) is 4.73. The number of amides is 1. The van der Waals surface area contributed by atoms with Crippen LogP contribution in [0.25, 0.3) is 0 Å². The molecular formula is C19H27NO4. The molecular weight excluding hydrogens is 306 g/mol. The third-order valence-electron chi connectivity index (χ3n) is 5.54. The highest BCUT2D eigenvalue weighted by Crippen LogP contribution is 2.48. The van der Waals surface area contributed by atoms with Gasteiger partial charge in [0.1, 0.15) is 0 Å². The molecule has 24 heavy (non-hydrogen) atoms. The Morgan fingerprint density at radius 3 is 2.29 bits per heavy atom. The molecule has 2 bridgehead atoms. The van der Waals surface area contributed by atoms with Gasteiger partial charge in [0.15, 0.2) is 11.5 Å². The Hall–Kier alpha value is -1.91. The third-order valence-corrected chi connectivity index (χ3v) is 5.54. The second kappa shape index (κ2) is 7.32. The lowest BCUT2D eigenvalue weighted by molar-refractivity contribution is -0.120. The monoisotopic (exact) mass is 333 g/mol. The van der Waals surface area contributed by atoms with Gasteiger partial charge in [-0.2, -0.15) is 0 Å². The average Bonchev–Trinajstić information content (AvgIpc) is 3.22. The van der Waals surface area contributed by atoms with Gasteiger partial charge in [-0.25, -0.2) is 0 Å². The molecule has 1 aromatic carbocycles. The minimum absolute atomic E-state index is 0.0482. The van der Waals surface area contributed by atoms with Crippen molar-refractivity contribution < 1.29 is 19.0 Å². The first-order valence-electron chi connectivity index (χ1n) is 8.70. The first-order chi connectivity index (χ1) is 11.6. The molecule has 0 spiro atoms. The van der Waals surface area contributed by atoms with E-state index in [-0.39, 0.29) is 5.91 Å². The largest absolute Gasteiger partial charge is 0.493 e. The van der Waals surface area contributed by atoms with E-state index < -0.39 is 0 Å². The van der Waals surface area contributed by atoms with Gasteiger partial charge in [0.05, 0.1) is 27.8 Å². The minimum atomic E-state index is 0.0482. The summed E-state index contributed by atoms with van der Waals surface area (Å²) in [5.74, 6) is 4.16. The van der Waals surface area contributed by atoms with Gasteiger partial charge in [0, 0.05) is 6.54 Å². The first-order valence-corrected chi connectivity index (χ1v) is 8.70. The fourth-order valence-electron chi connectivity index (χ4n) is 4.36. The number of hydrogen-bond acceptors (Lipinski definition) is 4. The number of fused-ring (bicyclic) bond motifs is 2. The standard InChI is InChI=1S/C19H27NO4/c1-22-16-8-13(9-17(23-2)19(16)24-3)10-18(21)20-11-15-7-12-4-5-14(15)6-12/h8-9,12,14-15H,4-7,10-11H2,1-3H3,(H,20,21). The molecule has 3 rings (SSSR count). The van der Waals surface area contributed by atoms with Crippen molar-refractivity contribution >= 4 is 5.91 Å². The van der Waals surface area contributed by atoms with Crippen LogP contribution in [0.3, 0.4) is 0 Å². The van der Waals surface area contributed by atoms with Gasteiger partial charge in [-0.05, 0) is 54.7 Å². The average molecular weight is 333 g/mol. The smallest absolute Gasteiger partial charge is 0.224 e. The van der Waals surface area contributed by atoms with Crippen LogP contribution in [0.1, 0.15) is 31.2 Å². The maximum atomic E-state index is 12.3. The Bertz CT molecular complexity index is 576. The van der Waals surface area contributed by atoms with Crippen molar-refractivity contribution in [3.63, 3.8) is 0 Å². The van der Waals surface area contributed by atoms with Gasteiger partial charge in [-0.15, -0.1) is 0 Å². The van der Waals surface area contributed by atoms with Crippen LogP contribution in [0.5, 0.6) is 17.2 Å². The van der Waals surface area contributed by atoms with Crippen LogP contribution in [-0.2, 0) is 11.2 Å². The molecule has 2 saturated carbocycles. The molecule has 132 valence electrons. The van der Waals surface area contributed by atoms with E-state index in [0.717, 1.165) is 23.9 Å². The molecule has 0 saturated heterocycles. The van der Waals surface area contributed by atoms with Crippen LogP contribution in [0, 0.1) is 17.8 Å². The highest BCUT2D eigenvalue weighted by Gasteiger charge is 2.39. The fourth-order valence-corrected chi connectivity index (χ4v) is 4.36. The zero-order valence-electron chi connectivity index (χ0n) is 14.8. The number of carbonyl (C=O) groups excluding carboxylic acids is 1. The maximum Gasteiger partial charge on any atom is 0.224 e. The molecule has 1 N–H and O–H groups in total.